The molecule has 1 aliphatic heterocycles. The third kappa shape index (κ3) is 4.38. The molecular weight excluding hydrogens is 486 g/mol. The molecule has 0 fully saturated rings. The standard InChI is InChI=1S/C22H20ClN3O7S/c1-32-15-6-8-16(9-7-15)34(30,31)26-12-14-4-2-3-5-17(14)25(13-18(26)21(27)24-29)22(28)19-10-11-20(23)33-19/h2-11,18,29H,12-13H2,1H3,(H,24,27). The molecule has 0 radical (unpaired) electrons. The normalized spacial score (nSPS) is 16.4. The Bertz CT molecular complexity index is 1320. The number of para-hydroxylation sites is 1. The highest BCUT2D eigenvalue weighted by Gasteiger charge is 2.42. The van der Waals surface area contributed by atoms with Gasteiger partial charge in [-0.05, 0) is 59.6 Å². The van der Waals surface area contributed by atoms with E-state index in [9.17, 15) is 23.2 Å². The molecule has 3 aromatic rings. The molecule has 34 heavy (non-hydrogen) atoms. The average Bonchev–Trinajstić information content (AvgIpc) is 3.20. The lowest BCUT2D eigenvalue weighted by atomic mass is 10.1. The Morgan fingerprint density at radius 3 is 2.44 bits per heavy atom. The lowest BCUT2D eigenvalue weighted by Gasteiger charge is -2.29. The first-order chi connectivity index (χ1) is 16.3. The van der Waals surface area contributed by atoms with Gasteiger partial charge in [-0.15, -0.1) is 0 Å². The van der Waals surface area contributed by atoms with Crippen molar-refractivity contribution in [2.75, 3.05) is 18.6 Å². The van der Waals surface area contributed by atoms with Gasteiger partial charge >= 0.3 is 0 Å². The fourth-order valence-corrected chi connectivity index (χ4v) is 5.43. The number of amides is 2. The fourth-order valence-electron chi connectivity index (χ4n) is 3.73. The topological polar surface area (TPSA) is 129 Å². The molecule has 0 saturated heterocycles. The van der Waals surface area contributed by atoms with Crippen LogP contribution in [0.25, 0.3) is 0 Å². The number of nitrogens with one attached hydrogen (secondary N) is 1. The highest BCUT2D eigenvalue weighted by molar-refractivity contribution is 7.89. The Morgan fingerprint density at radius 2 is 1.82 bits per heavy atom. The van der Waals surface area contributed by atoms with Gasteiger partial charge in [-0.2, -0.15) is 4.31 Å². The third-order valence-electron chi connectivity index (χ3n) is 5.42. The van der Waals surface area contributed by atoms with Crippen LogP contribution in [0.2, 0.25) is 5.22 Å². The van der Waals surface area contributed by atoms with Crippen LogP contribution in [0.3, 0.4) is 0 Å². The summed E-state index contributed by atoms with van der Waals surface area (Å²) in [6.45, 7) is -0.624. The van der Waals surface area contributed by atoms with Gasteiger partial charge in [-0.3, -0.25) is 14.8 Å². The number of nitrogens with zero attached hydrogens (tertiary/aromatic N) is 2. The van der Waals surface area contributed by atoms with E-state index in [-0.39, 0.29) is 22.4 Å². The van der Waals surface area contributed by atoms with Gasteiger partial charge in [-0.1, -0.05) is 18.2 Å². The van der Waals surface area contributed by atoms with Crippen molar-refractivity contribution >= 4 is 39.1 Å². The van der Waals surface area contributed by atoms with Crippen molar-refractivity contribution in [1.29, 1.82) is 0 Å². The maximum Gasteiger partial charge on any atom is 0.294 e. The highest BCUT2D eigenvalue weighted by Crippen LogP contribution is 2.33. The van der Waals surface area contributed by atoms with Crippen LogP contribution in [0.15, 0.2) is 70.0 Å². The van der Waals surface area contributed by atoms with Gasteiger partial charge in [0.15, 0.2) is 11.0 Å². The zero-order valence-corrected chi connectivity index (χ0v) is 19.4. The molecule has 2 N–H and O–H groups in total. The molecule has 10 nitrogen and oxygen atoms in total. The number of carbonyl (C=O) groups is 2. The predicted molar refractivity (Wildman–Crippen MR) is 121 cm³/mol. The van der Waals surface area contributed by atoms with Crippen molar-refractivity contribution in [2.45, 2.75) is 17.5 Å². The summed E-state index contributed by atoms with van der Waals surface area (Å²) in [6, 6.07) is 13.7. The summed E-state index contributed by atoms with van der Waals surface area (Å²) >= 11 is 5.82. The Kier molecular flexibility index (Phi) is 6.62. The molecule has 2 heterocycles. The zero-order chi connectivity index (χ0) is 24.5. The molecule has 178 valence electrons. The van der Waals surface area contributed by atoms with Crippen LogP contribution in [-0.2, 0) is 21.4 Å². The number of fused-ring (bicyclic) bond motifs is 1. The van der Waals surface area contributed by atoms with Crippen molar-refractivity contribution in [3.63, 3.8) is 0 Å². The van der Waals surface area contributed by atoms with Gasteiger partial charge in [0, 0.05) is 12.2 Å². The van der Waals surface area contributed by atoms with E-state index in [1.54, 1.807) is 24.3 Å². The molecule has 0 spiro atoms. The second kappa shape index (κ2) is 9.47. The molecule has 1 aromatic heterocycles. The van der Waals surface area contributed by atoms with Crippen molar-refractivity contribution in [3.05, 3.63) is 77.2 Å². The van der Waals surface area contributed by atoms with Gasteiger partial charge in [-0.25, -0.2) is 13.9 Å². The Labute approximate surface area is 200 Å². The van der Waals surface area contributed by atoms with Crippen LogP contribution in [0.4, 0.5) is 5.69 Å². The van der Waals surface area contributed by atoms with Crippen LogP contribution >= 0.6 is 11.6 Å². The predicted octanol–water partition coefficient (Wildman–Crippen LogP) is 2.67. The second-order valence-corrected chi connectivity index (χ2v) is 9.63. The number of hydroxylamine groups is 1. The van der Waals surface area contributed by atoms with Gasteiger partial charge in [0.1, 0.15) is 11.8 Å². The summed E-state index contributed by atoms with van der Waals surface area (Å²) in [4.78, 5) is 27.1. The van der Waals surface area contributed by atoms with Crippen molar-refractivity contribution < 1.29 is 32.4 Å². The van der Waals surface area contributed by atoms with E-state index >= 15 is 0 Å². The van der Waals surface area contributed by atoms with E-state index < -0.39 is 34.4 Å². The summed E-state index contributed by atoms with van der Waals surface area (Å²) < 4.78 is 38.5. The summed E-state index contributed by atoms with van der Waals surface area (Å²) in [5.74, 6) is -1.26. The van der Waals surface area contributed by atoms with E-state index in [4.69, 9.17) is 20.8 Å². The molecule has 2 amide bonds. The number of rotatable bonds is 5. The lowest BCUT2D eigenvalue weighted by Crippen LogP contribution is -2.53. The summed E-state index contributed by atoms with van der Waals surface area (Å²) in [7, 11) is -2.79. The number of ether oxygens (including phenoxy) is 1. The van der Waals surface area contributed by atoms with Crippen molar-refractivity contribution in [1.82, 2.24) is 9.79 Å². The van der Waals surface area contributed by atoms with E-state index in [0.717, 1.165) is 4.31 Å². The Hall–Kier alpha value is -3.38. The number of hydrogen-bond acceptors (Lipinski definition) is 7. The number of furan rings is 1. The minimum absolute atomic E-state index is 0.000168. The fraction of sp³-hybridized carbons (Fsp3) is 0.182. The lowest BCUT2D eigenvalue weighted by molar-refractivity contribution is -0.133. The van der Waals surface area contributed by atoms with Crippen LogP contribution in [0.5, 0.6) is 5.75 Å². The maximum absolute atomic E-state index is 13.6. The minimum atomic E-state index is -4.24. The van der Waals surface area contributed by atoms with E-state index in [1.807, 2.05) is 0 Å². The minimum Gasteiger partial charge on any atom is -0.497 e. The molecule has 2 aromatic carbocycles. The summed E-state index contributed by atoms with van der Waals surface area (Å²) in [5.41, 5.74) is 2.38. The number of sulfonamides is 1. The first kappa shape index (κ1) is 23.8. The first-order valence-corrected chi connectivity index (χ1v) is 11.8. The molecule has 1 aliphatic rings. The molecule has 0 aliphatic carbocycles. The monoisotopic (exact) mass is 505 g/mol. The van der Waals surface area contributed by atoms with Gasteiger partial charge in [0.25, 0.3) is 11.8 Å². The average molecular weight is 506 g/mol. The zero-order valence-electron chi connectivity index (χ0n) is 17.8. The van der Waals surface area contributed by atoms with E-state index in [2.05, 4.69) is 0 Å². The van der Waals surface area contributed by atoms with Crippen LogP contribution in [0.1, 0.15) is 16.1 Å². The molecule has 0 bridgehead atoms. The summed E-state index contributed by atoms with van der Waals surface area (Å²) in [5, 5.41) is 9.39. The highest BCUT2D eigenvalue weighted by atomic mass is 35.5. The molecule has 4 rings (SSSR count). The Morgan fingerprint density at radius 1 is 1.12 bits per heavy atom. The molecule has 1 unspecified atom stereocenters. The first-order valence-electron chi connectivity index (χ1n) is 10.0. The smallest absolute Gasteiger partial charge is 0.294 e. The number of methoxy groups -OCH3 is 1. The third-order valence-corrected chi connectivity index (χ3v) is 7.49. The quantitative estimate of drug-likeness (QED) is 0.403. The van der Waals surface area contributed by atoms with E-state index in [0.29, 0.717) is 17.0 Å². The number of anilines is 1. The molecule has 1 atom stereocenters. The number of halogens is 1. The largest absolute Gasteiger partial charge is 0.497 e. The van der Waals surface area contributed by atoms with E-state index in [1.165, 1.54) is 53.9 Å². The van der Waals surface area contributed by atoms with Crippen LogP contribution < -0.4 is 15.1 Å². The van der Waals surface area contributed by atoms with Gasteiger partial charge in [0.05, 0.1) is 18.6 Å². The van der Waals surface area contributed by atoms with Crippen molar-refractivity contribution in [2.24, 2.45) is 0 Å². The number of benzene rings is 2. The van der Waals surface area contributed by atoms with Gasteiger partial charge in [0.2, 0.25) is 10.0 Å². The number of hydrogen-bond donors (Lipinski definition) is 2. The van der Waals surface area contributed by atoms with Crippen LogP contribution in [0, 0.1) is 0 Å². The summed E-state index contributed by atoms with van der Waals surface area (Å²) in [6.07, 6.45) is 0. The maximum atomic E-state index is 13.6. The van der Waals surface area contributed by atoms with Crippen LogP contribution in [-0.4, -0.2) is 49.4 Å². The molecular formula is C22H20ClN3O7S. The molecule has 0 saturated carbocycles. The van der Waals surface area contributed by atoms with Gasteiger partial charge < -0.3 is 14.1 Å². The van der Waals surface area contributed by atoms with Crippen molar-refractivity contribution in [3.8, 4) is 5.75 Å². The second-order valence-electron chi connectivity index (χ2n) is 7.37. The number of carbonyl (C=O) groups excluding carboxylic acids is 2. The SMILES string of the molecule is COc1ccc(S(=O)(=O)N2Cc3ccccc3N(C(=O)c3ccc(Cl)o3)CC2C(=O)NO)cc1. The Balaban J connectivity index is 1.82. The molecule has 12 heteroatoms.